The summed E-state index contributed by atoms with van der Waals surface area (Å²) in [4.78, 5) is 14.1. The van der Waals surface area contributed by atoms with Crippen LogP contribution in [-0.2, 0) is 6.42 Å². The van der Waals surface area contributed by atoms with Crippen LogP contribution in [0, 0.1) is 0 Å². The molecule has 0 aromatic carbocycles. The Morgan fingerprint density at radius 1 is 0.750 bits per heavy atom. The molecule has 134 valence electrons. The highest BCUT2D eigenvalue weighted by atomic mass is 15.2. The second-order valence-electron chi connectivity index (χ2n) is 7.46. The Bertz CT molecular complexity index is 454. The average Bonchev–Trinajstić information content (AvgIpc) is 2.61. The van der Waals surface area contributed by atoms with E-state index in [0.717, 1.165) is 30.6 Å². The highest BCUT2D eigenvalue weighted by Crippen LogP contribution is 2.23. The van der Waals surface area contributed by atoms with Crippen molar-refractivity contribution in [2.45, 2.75) is 102 Å². The van der Waals surface area contributed by atoms with Crippen molar-refractivity contribution in [2.24, 2.45) is 0 Å². The zero-order chi connectivity index (χ0) is 16.6. The second-order valence-corrected chi connectivity index (χ2v) is 7.46. The lowest BCUT2D eigenvalue weighted by Crippen LogP contribution is -2.26. The van der Waals surface area contributed by atoms with E-state index in [1.807, 2.05) is 0 Å². The van der Waals surface area contributed by atoms with E-state index in [2.05, 4.69) is 32.5 Å². The van der Waals surface area contributed by atoms with Gasteiger partial charge in [0.05, 0.1) is 0 Å². The largest absolute Gasteiger partial charge is 0.351 e. The fourth-order valence-electron chi connectivity index (χ4n) is 3.85. The number of aromatic nitrogens is 3. The number of hydrogen-bond donors (Lipinski definition) is 2. The number of anilines is 2. The van der Waals surface area contributed by atoms with Crippen LogP contribution in [0.2, 0.25) is 0 Å². The first-order valence-electron chi connectivity index (χ1n) is 10.1. The molecule has 2 fully saturated rings. The first-order chi connectivity index (χ1) is 11.8. The van der Waals surface area contributed by atoms with Crippen LogP contribution in [0.1, 0.15) is 89.8 Å². The van der Waals surface area contributed by atoms with E-state index in [-0.39, 0.29) is 0 Å². The third-order valence-corrected chi connectivity index (χ3v) is 5.31. The Labute approximate surface area is 146 Å². The number of aryl methyl sites for hydroxylation is 1. The molecule has 5 nitrogen and oxygen atoms in total. The van der Waals surface area contributed by atoms with Gasteiger partial charge in [-0.15, -0.1) is 0 Å². The average molecular weight is 332 g/mol. The fourth-order valence-corrected chi connectivity index (χ4v) is 3.85. The molecule has 0 amide bonds. The number of hydrogen-bond acceptors (Lipinski definition) is 5. The van der Waals surface area contributed by atoms with Gasteiger partial charge in [0.1, 0.15) is 5.82 Å². The lowest BCUT2D eigenvalue weighted by Gasteiger charge is -2.25. The van der Waals surface area contributed by atoms with Crippen LogP contribution in [0.15, 0.2) is 0 Å². The van der Waals surface area contributed by atoms with E-state index < -0.39 is 0 Å². The van der Waals surface area contributed by atoms with Crippen LogP contribution in [0.25, 0.3) is 0 Å². The van der Waals surface area contributed by atoms with Gasteiger partial charge in [-0.25, -0.2) is 0 Å². The summed E-state index contributed by atoms with van der Waals surface area (Å²) in [7, 11) is 0. The summed E-state index contributed by atoms with van der Waals surface area (Å²) in [6, 6.07) is 1.06. The van der Waals surface area contributed by atoms with Crippen molar-refractivity contribution in [2.75, 3.05) is 10.6 Å². The maximum atomic E-state index is 4.69. The van der Waals surface area contributed by atoms with E-state index in [1.165, 1.54) is 70.6 Å². The zero-order valence-corrected chi connectivity index (χ0v) is 15.2. The molecule has 24 heavy (non-hydrogen) atoms. The van der Waals surface area contributed by atoms with Crippen molar-refractivity contribution >= 4 is 11.9 Å². The molecule has 1 aromatic heterocycles. The van der Waals surface area contributed by atoms with E-state index in [0.29, 0.717) is 12.1 Å². The number of unbranched alkanes of at least 4 members (excludes halogenated alkanes) is 1. The minimum atomic E-state index is 0.530. The van der Waals surface area contributed by atoms with Crippen LogP contribution in [0.3, 0.4) is 0 Å². The van der Waals surface area contributed by atoms with Crippen molar-refractivity contribution in [1.82, 2.24) is 15.0 Å². The van der Waals surface area contributed by atoms with Gasteiger partial charge >= 0.3 is 0 Å². The molecule has 0 saturated heterocycles. The predicted molar refractivity (Wildman–Crippen MR) is 99.4 cm³/mol. The monoisotopic (exact) mass is 331 g/mol. The first-order valence-corrected chi connectivity index (χ1v) is 10.1. The normalized spacial score (nSPS) is 20.0. The van der Waals surface area contributed by atoms with Gasteiger partial charge in [0, 0.05) is 18.5 Å². The molecule has 0 spiro atoms. The molecule has 2 aliphatic rings. The maximum Gasteiger partial charge on any atom is 0.227 e. The van der Waals surface area contributed by atoms with E-state index in [4.69, 9.17) is 0 Å². The van der Waals surface area contributed by atoms with Gasteiger partial charge in [0.2, 0.25) is 11.9 Å². The van der Waals surface area contributed by atoms with Gasteiger partial charge in [0.25, 0.3) is 0 Å². The molecule has 0 aliphatic heterocycles. The zero-order valence-electron chi connectivity index (χ0n) is 15.2. The molecular formula is C19H33N5. The molecule has 0 radical (unpaired) electrons. The SMILES string of the molecule is CCCCc1nc(NC2CCCCC2)nc(NC2CCCCC2)n1. The van der Waals surface area contributed by atoms with Gasteiger partial charge < -0.3 is 10.6 Å². The quantitative estimate of drug-likeness (QED) is 0.758. The predicted octanol–water partition coefficient (Wildman–Crippen LogP) is 4.70. The second kappa shape index (κ2) is 9.19. The lowest BCUT2D eigenvalue weighted by atomic mass is 9.96. The molecule has 0 unspecified atom stereocenters. The summed E-state index contributed by atoms with van der Waals surface area (Å²) in [6.07, 6.45) is 16.2. The topological polar surface area (TPSA) is 62.7 Å². The van der Waals surface area contributed by atoms with Gasteiger partial charge in [-0.2, -0.15) is 15.0 Å². The Kier molecular flexibility index (Phi) is 6.67. The number of nitrogens with zero attached hydrogens (tertiary/aromatic N) is 3. The molecule has 2 saturated carbocycles. The van der Waals surface area contributed by atoms with Crippen LogP contribution >= 0.6 is 0 Å². The van der Waals surface area contributed by atoms with Crippen molar-refractivity contribution in [1.29, 1.82) is 0 Å². The summed E-state index contributed by atoms with van der Waals surface area (Å²) in [5.74, 6) is 2.49. The van der Waals surface area contributed by atoms with E-state index in [9.17, 15) is 0 Å². The summed E-state index contributed by atoms with van der Waals surface area (Å²) in [5, 5.41) is 7.15. The highest BCUT2D eigenvalue weighted by molar-refractivity contribution is 5.36. The summed E-state index contributed by atoms with van der Waals surface area (Å²) >= 11 is 0. The minimum absolute atomic E-state index is 0.530. The fraction of sp³-hybridized carbons (Fsp3) is 0.842. The summed E-state index contributed by atoms with van der Waals surface area (Å²) in [6.45, 7) is 2.21. The molecule has 5 heteroatoms. The summed E-state index contributed by atoms with van der Waals surface area (Å²) < 4.78 is 0. The van der Waals surface area contributed by atoms with Crippen molar-refractivity contribution in [3.05, 3.63) is 5.82 Å². The van der Waals surface area contributed by atoms with Crippen LogP contribution in [0.5, 0.6) is 0 Å². The van der Waals surface area contributed by atoms with Crippen LogP contribution in [0.4, 0.5) is 11.9 Å². The maximum absolute atomic E-state index is 4.69. The van der Waals surface area contributed by atoms with Gasteiger partial charge in [-0.3, -0.25) is 0 Å². The highest BCUT2D eigenvalue weighted by Gasteiger charge is 2.18. The third-order valence-electron chi connectivity index (χ3n) is 5.31. The standard InChI is InChI=1S/C19H33N5/c1-2-3-14-17-22-18(20-15-10-6-4-7-11-15)24-19(23-17)21-16-12-8-5-9-13-16/h15-16H,2-14H2,1H3,(H2,20,21,22,23,24). The molecule has 1 heterocycles. The van der Waals surface area contributed by atoms with Gasteiger partial charge in [-0.05, 0) is 32.1 Å². The van der Waals surface area contributed by atoms with Gasteiger partial charge in [-0.1, -0.05) is 51.9 Å². The smallest absolute Gasteiger partial charge is 0.227 e. The van der Waals surface area contributed by atoms with Crippen LogP contribution in [-0.4, -0.2) is 27.0 Å². The van der Waals surface area contributed by atoms with Gasteiger partial charge in [0.15, 0.2) is 0 Å². The third kappa shape index (κ3) is 5.32. The number of nitrogens with one attached hydrogen (secondary N) is 2. The Balaban J connectivity index is 1.69. The molecule has 2 N–H and O–H groups in total. The van der Waals surface area contributed by atoms with E-state index >= 15 is 0 Å². The molecule has 2 aliphatic carbocycles. The number of rotatable bonds is 7. The van der Waals surface area contributed by atoms with Crippen molar-refractivity contribution in [3.8, 4) is 0 Å². The van der Waals surface area contributed by atoms with Crippen molar-refractivity contribution in [3.63, 3.8) is 0 Å². The molecular weight excluding hydrogens is 298 g/mol. The van der Waals surface area contributed by atoms with E-state index in [1.54, 1.807) is 0 Å². The molecule has 3 rings (SSSR count). The Morgan fingerprint density at radius 2 is 1.25 bits per heavy atom. The molecule has 0 atom stereocenters. The molecule has 0 bridgehead atoms. The lowest BCUT2D eigenvalue weighted by molar-refractivity contribution is 0.458. The Hall–Kier alpha value is -1.39. The Morgan fingerprint density at radius 3 is 1.71 bits per heavy atom. The summed E-state index contributed by atoms with van der Waals surface area (Å²) in [5.41, 5.74) is 0. The van der Waals surface area contributed by atoms with Crippen molar-refractivity contribution < 1.29 is 0 Å². The first kappa shape index (κ1) is 17.4. The van der Waals surface area contributed by atoms with Crippen LogP contribution < -0.4 is 10.6 Å². The minimum Gasteiger partial charge on any atom is -0.351 e. The molecule has 1 aromatic rings.